The molecule has 2 N–H and O–H groups in total. The highest BCUT2D eigenvalue weighted by atomic mass is 32.2. The van der Waals surface area contributed by atoms with E-state index < -0.39 is 21.7 Å². The number of nitrogens with zero attached hydrogens (tertiary/aromatic N) is 3. The molecule has 1 saturated heterocycles. The van der Waals surface area contributed by atoms with E-state index in [9.17, 15) is 18.0 Å². The van der Waals surface area contributed by atoms with Crippen LogP contribution in [0.1, 0.15) is 36.8 Å². The molecule has 2 aliphatic rings. The van der Waals surface area contributed by atoms with E-state index in [-0.39, 0.29) is 42.7 Å². The molecule has 1 unspecified atom stereocenters. The molecule has 4 rings (SSSR count). The summed E-state index contributed by atoms with van der Waals surface area (Å²) in [5, 5.41) is 15.3. The van der Waals surface area contributed by atoms with E-state index in [0.717, 1.165) is 5.56 Å². The molecular formula is C27H31N5O5S. The number of nitrogens with one attached hydrogen (secondary N) is 2. The van der Waals surface area contributed by atoms with Crippen molar-refractivity contribution in [1.82, 2.24) is 14.9 Å². The van der Waals surface area contributed by atoms with Gasteiger partial charge in [-0.05, 0) is 17.5 Å². The third-order valence-corrected chi connectivity index (χ3v) is 8.07. The summed E-state index contributed by atoms with van der Waals surface area (Å²) in [5.74, 6) is -0.875. The van der Waals surface area contributed by atoms with Crippen LogP contribution in [0.5, 0.6) is 0 Å². The second-order valence-corrected chi connectivity index (χ2v) is 11.3. The topological polar surface area (TPSA) is 141 Å². The number of carbonyl (C=O) groups excluding carboxylic acids is 2. The summed E-state index contributed by atoms with van der Waals surface area (Å²) in [6, 6.07) is 19.2. The van der Waals surface area contributed by atoms with Gasteiger partial charge >= 0.3 is 0 Å². The Morgan fingerprint density at radius 3 is 2.32 bits per heavy atom. The van der Waals surface area contributed by atoms with E-state index in [2.05, 4.69) is 15.2 Å². The molecule has 38 heavy (non-hydrogen) atoms. The number of amides is 2. The molecule has 200 valence electrons. The molecule has 0 aliphatic carbocycles. The van der Waals surface area contributed by atoms with Gasteiger partial charge < -0.3 is 15.1 Å². The number of sulfonamides is 1. The molecule has 0 bridgehead atoms. The average molecular weight is 538 g/mol. The first-order valence-corrected chi connectivity index (χ1v) is 14.2. The molecule has 2 aromatic rings. The van der Waals surface area contributed by atoms with Gasteiger partial charge in [-0.2, -0.15) is 5.26 Å². The molecule has 0 saturated carbocycles. The lowest BCUT2D eigenvalue weighted by molar-refractivity contribution is -0.138. The van der Waals surface area contributed by atoms with Gasteiger partial charge in [-0.3, -0.25) is 9.59 Å². The summed E-state index contributed by atoms with van der Waals surface area (Å²) >= 11 is 0. The zero-order valence-corrected chi connectivity index (χ0v) is 21.8. The van der Waals surface area contributed by atoms with Gasteiger partial charge in [-0.1, -0.05) is 65.8 Å². The molecule has 0 aromatic heterocycles. The summed E-state index contributed by atoms with van der Waals surface area (Å²) in [4.78, 5) is 33.2. The smallest absolute Gasteiger partial charge is 0.269 e. The van der Waals surface area contributed by atoms with Gasteiger partial charge in [0.05, 0.1) is 18.2 Å². The van der Waals surface area contributed by atoms with Crippen molar-refractivity contribution in [3.05, 3.63) is 71.8 Å². The second kappa shape index (κ2) is 12.2. The van der Waals surface area contributed by atoms with Crippen LogP contribution in [-0.2, 0) is 36.6 Å². The maximum absolute atomic E-state index is 13.6. The van der Waals surface area contributed by atoms with Crippen molar-refractivity contribution in [2.45, 2.75) is 49.5 Å². The van der Waals surface area contributed by atoms with E-state index in [0.29, 0.717) is 37.9 Å². The lowest BCUT2D eigenvalue weighted by Gasteiger charge is -2.38. The Bertz CT molecular complexity index is 1300. The van der Waals surface area contributed by atoms with E-state index in [1.165, 1.54) is 0 Å². The Hall–Kier alpha value is -3.75. The molecule has 2 heterocycles. The van der Waals surface area contributed by atoms with Gasteiger partial charge in [-0.25, -0.2) is 13.1 Å². The normalized spacial score (nSPS) is 17.2. The molecule has 11 heteroatoms. The molecular weight excluding hydrogens is 506 g/mol. The van der Waals surface area contributed by atoms with Crippen LogP contribution in [-0.4, -0.2) is 62.1 Å². The number of rotatable bonds is 10. The lowest BCUT2D eigenvalue weighted by atomic mass is 9.86. The largest absolute Gasteiger partial charge is 0.388 e. The summed E-state index contributed by atoms with van der Waals surface area (Å²) < 4.78 is 28.7. The highest BCUT2D eigenvalue weighted by Crippen LogP contribution is 2.35. The fourth-order valence-electron chi connectivity index (χ4n) is 4.68. The third kappa shape index (κ3) is 7.18. The number of carbonyl (C=O) groups is 2. The SMILES string of the molecule is N#CCCNC(=O)C1=NOC2(CCN(C(=O)C(Cc3ccccc3)NS(=O)(=O)Cc3ccccc3)CC2)C1. The number of oxime groups is 1. The number of likely N-dealkylation sites (tertiary alicyclic amines) is 1. The predicted molar refractivity (Wildman–Crippen MR) is 141 cm³/mol. The minimum Gasteiger partial charge on any atom is -0.388 e. The highest BCUT2D eigenvalue weighted by molar-refractivity contribution is 7.88. The Labute approximate surface area is 222 Å². The summed E-state index contributed by atoms with van der Waals surface area (Å²) in [6.45, 7) is 0.944. The van der Waals surface area contributed by atoms with E-state index in [4.69, 9.17) is 10.1 Å². The van der Waals surface area contributed by atoms with Crippen LogP contribution in [0, 0.1) is 11.3 Å². The first-order valence-electron chi connectivity index (χ1n) is 12.6. The molecule has 2 amide bonds. The molecule has 1 fully saturated rings. The van der Waals surface area contributed by atoms with E-state index >= 15 is 0 Å². The monoisotopic (exact) mass is 537 g/mol. The Morgan fingerprint density at radius 1 is 1.05 bits per heavy atom. The van der Waals surface area contributed by atoms with Crippen molar-refractivity contribution in [2.24, 2.45) is 5.16 Å². The van der Waals surface area contributed by atoms with E-state index in [1.807, 2.05) is 42.5 Å². The fourth-order valence-corrected chi connectivity index (χ4v) is 6.01. The first-order chi connectivity index (χ1) is 18.3. The Morgan fingerprint density at radius 2 is 1.68 bits per heavy atom. The zero-order valence-electron chi connectivity index (χ0n) is 21.0. The molecule has 2 aliphatic heterocycles. The van der Waals surface area contributed by atoms with Crippen molar-refractivity contribution >= 4 is 27.5 Å². The van der Waals surface area contributed by atoms with Crippen molar-refractivity contribution < 1.29 is 22.8 Å². The van der Waals surface area contributed by atoms with Gasteiger partial charge in [0.15, 0.2) is 0 Å². The lowest BCUT2D eigenvalue weighted by Crippen LogP contribution is -2.54. The van der Waals surface area contributed by atoms with Crippen LogP contribution in [0.15, 0.2) is 65.8 Å². The molecule has 0 radical (unpaired) electrons. The van der Waals surface area contributed by atoms with Gasteiger partial charge in [0.2, 0.25) is 15.9 Å². The minimum atomic E-state index is -3.79. The van der Waals surface area contributed by atoms with Gasteiger partial charge in [0.25, 0.3) is 5.91 Å². The van der Waals surface area contributed by atoms with Gasteiger partial charge in [0, 0.05) is 38.9 Å². The van der Waals surface area contributed by atoms with Gasteiger partial charge in [0.1, 0.15) is 17.4 Å². The quantitative estimate of drug-likeness (QED) is 0.444. The highest BCUT2D eigenvalue weighted by Gasteiger charge is 2.45. The van der Waals surface area contributed by atoms with Crippen LogP contribution in [0.25, 0.3) is 0 Å². The standard InChI is InChI=1S/C27H31N5O5S/c28-14-7-15-29-25(33)24-19-27(37-30-24)12-16-32(17-13-27)26(34)23(18-21-8-3-1-4-9-21)31-38(35,36)20-22-10-5-2-6-11-22/h1-6,8-11,23,31H,7,12-13,15-20H2,(H,29,33). The third-order valence-electron chi connectivity index (χ3n) is 6.71. The minimum absolute atomic E-state index is 0.210. The summed E-state index contributed by atoms with van der Waals surface area (Å²) in [5.41, 5.74) is 1.09. The predicted octanol–water partition coefficient (Wildman–Crippen LogP) is 1.88. The van der Waals surface area contributed by atoms with Crippen molar-refractivity contribution in [1.29, 1.82) is 5.26 Å². The molecule has 10 nitrogen and oxygen atoms in total. The fraction of sp³-hybridized carbons (Fsp3) is 0.407. The van der Waals surface area contributed by atoms with E-state index in [1.54, 1.807) is 29.2 Å². The number of benzene rings is 2. The Kier molecular flexibility index (Phi) is 8.76. The van der Waals surface area contributed by atoms with Crippen molar-refractivity contribution in [3.63, 3.8) is 0 Å². The molecule has 1 atom stereocenters. The van der Waals surface area contributed by atoms with Crippen LogP contribution in [0.3, 0.4) is 0 Å². The number of piperidine rings is 1. The zero-order chi connectivity index (χ0) is 27.0. The first kappa shape index (κ1) is 27.3. The van der Waals surface area contributed by atoms with Crippen molar-refractivity contribution in [3.8, 4) is 6.07 Å². The van der Waals surface area contributed by atoms with Crippen LogP contribution >= 0.6 is 0 Å². The number of nitriles is 1. The number of hydrogen-bond donors (Lipinski definition) is 2. The average Bonchev–Trinajstić information content (AvgIpc) is 3.33. The van der Waals surface area contributed by atoms with Crippen LogP contribution in [0.4, 0.5) is 0 Å². The second-order valence-electron chi connectivity index (χ2n) is 9.58. The molecule has 2 aromatic carbocycles. The van der Waals surface area contributed by atoms with Crippen LogP contribution < -0.4 is 10.0 Å². The maximum atomic E-state index is 13.6. The number of hydrogen-bond acceptors (Lipinski definition) is 7. The van der Waals surface area contributed by atoms with Crippen LogP contribution in [0.2, 0.25) is 0 Å². The van der Waals surface area contributed by atoms with Gasteiger partial charge in [-0.15, -0.1) is 0 Å². The Balaban J connectivity index is 1.40. The summed E-state index contributed by atoms with van der Waals surface area (Å²) in [6.07, 6.45) is 1.69. The summed E-state index contributed by atoms with van der Waals surface area (Å²) in [7, 11) is -3.79. The molecule has 1 spiro atoms. The maximum Gasteiger partial charge on any atom is 0.269 e. The van der Waals surface area contributed by atoms with Crippen molar-refractivity contribution in [2.75, 3.05) is 19.6 Å².